The first-order valence-electron chi connectivity index (χ1n) is 9.01. The molecule has 1 aromatic heterocycles. The maximum Gasteiger partial charge on any atom is 0.324 e. The summed E-state index contributed by atoms with van der Waals surface area (Å²) in [6.07, 6.45) is -0.120. The minimum atomic E-state index is -0.524. The predicted octanol–water partition coefficient (Wildman–Crippen LogP) is 2.78. The van der Waals surface area contributed by atoms with Crippen LogP contribution >= 0.6 is 0 Å². The summed E-state index contributed by atoms with van der Waals surface area (Å²) in [5.41, 5.74) is 1.30. The topological polar surface area (TPSA) is 100 Å². The van der Waals surface area contributed by atoms with E-state index in [0.717, 1.165) is 5.69 Å². The molecule has 27 heavy (non-hydrogen) atoms. The molecule has 8 nitrogen and oxygen atoms in total. The number of para-hydroxylation sites is 1. The van der Waals surface area contributed by atoms with Crippen molar-refractivity contribution < 1.29 is 9.59 Å². The first kappa shape index (κ1) is 18.9. The summed E-state index contributed by atoms with van der Waals surface area (Å²) < 4.78 is 1.61. The van der Waals surface area contributed by atoms with Gasteiger partial charge < -0.3 is 10.6 Å². The van der Waals surface area contributed by atoms with Gasteiger partial charge in [-0.3, -0.25) is 15.4 Å². The Kier molecular flexibility index (Phi) is 5.18. The van der Waals surface area contributed by atoms with Crippen molar-refractivity contribution in [3.8, 4) is 0 Å². The number of urea groups is 1. The quantitative estimate of drug-likeness (QED) is 0.667. The number of hydrogen-bond donors (Lipinski definition) is 4. The molecule has 1 aliphatic heterocycles. The third kappa shape index (κ3) is 4.65. The van der Waals surface area contributed by atoms with Gasteiger partial charge in [-0.15, -0.1) is 0 Å². The molecule has 0 spiro atoms. The van der Waals surface area contributed by atoms with Crippen LogP contribution in [-0.4, -0.2) is 27.8 Å². The highest BCUT2D eigenvalue weighted by molar-refractivity contribution is 5.99. The monoisotopic (exact) mass is 370 g/mol. The molecule has 8 heteroatoms. The number of hydrogen-bond acceptors (Lipinski definition) is 4. The van der Waals surface area contributed by atoms with Gasteiger partial charge in [0.2, 0.25) is 5.91 Å². The van der Waals surface area contributed by atoms with E-state index >= 15 is 0 Å². The van der Waals surface area contributed by atoms with E-state index in [9.17, 15) is 9.59 Å². The second-order valence-corrected chi connectivity index (χ2v) is 7.80. The molecule has 4 N–H and O–H groups in total. The molecule has 1 aliphatic rings. The molecule has 1 saturated heterocycles. The Balaban J connectivity index is 1.85. The third-order valence-electron chi connectivity index (χ3n) is 4.25. The largest absolute Gasteiger partial charge is 0.324 e. The Morgan fingerprint density at radius 2 is 1.93 bits per heavy atom. The summed E-state index contributed by atoms with van der Waals surface area (Å²) in [4.78, 5) is 24.4. The molecule has 2 aromatic rings. The van der Waals surface area contributed by atoms with E-state index in [0.29, 0.717) is 17.9 Å². The normalized spacial score (nSPS) is 20.1. The molecule has 0 aliphatic carbocycles. The van der Waals surface area contributed by atoms with Crippen molar-refractivity contribution in [3.05, 3.63) is 42.1 Å². The van der Waals surface area contributed by atoms with Gasteiger partial charge in [-0.05, 0) is 19.1 Å². The number of amides is 3. The Bertz CT molecular complexity index is 824. The van der Waals surface area contributed by atoms with Crippen molar-refractivity contribution in [2.75, 3.05) is 10.6 Å². The molecule has 0 radical (unpaired) electrons. The average molecular weight is 370 g/mol. The van der Waals surface area contributed by atoms with Crippen LogP contribution in [0.3, 0.4) is 0 Å². The van der Waals surface area contributed by atoms with Crippen molar-refractivity contribution in [3.63, 3.8) is 0 Å². The minimum absolute atomic E-state index is 0.0111. The molecule has 0 bridgehead atoms. The van der Waals surface area contributed by atoms with Crippen LogP contribution in [0.2, 0.25) is 0 Å². The molecule has 0 saturated carbocycles. The van der Waals surface area contributed by atoms with Crippen LogP contribution in [0.5, 0.6) is 0 Å². The number of aromatic nitrogens is 2. The summed E-state index contributed by atoms with van der Waals surface area (Å²) in [6, 6.07) is 10.7. The molecule has 1 fully saturated rings. The Hall–Kier alpha value is -2.87. The maximum absolute atomic E-state index is 12.4. The van der Waals surface area contributed by atoms with E-state index in [1.54, 1.807) is 4.68 Å². The molecule has 2 unspecified atom stereocenters. The van der Waals surface area contributed by atoms with E-state index in [-0.39, 0.29) is 23.4 Å². The second kappa shape index (κ2) is 7.40. The average Bonchev–Trinajstić information content (AvgIpc) is 2.99. The first-order valence-corrected chi connectivity index (χ1v) is 9.01. The van der Waals surface area contributed by atoms with Crippen LogP contribution in [0.4, 0.5) is 16.3 Å². The smallest absolute Gasteiger partial charge is 0.322 e. The number of nitrogens with zero attached hydrogens (tertiary/aromatic N) is 2. The van der Waals surface area contributed by atoms with Crippen LogP contribution < -0.4 is 21.3 Å². The zero-order valence-electron chi connectivity index (χ0n) is 16.0. The highest BCUT2D eigenvalue weighted by Crippen LogP contribution is 2.26. The standard InChI is InChI=1S/C19H26N6O2/c1-12-10-16(26)23-17(20-12)25-15(11-14(24-25)19(2,3)4)22-18(27)21-13-8-6-5-7-9-13/h5-9,11-12,17,20H,10H2,1-4H3,(H,23,26)(H2,21,22,27). The molecular formula is C19H26N6O2. The van der Waals surface area contributed by atoms with Crippen molar-refractivity contribution >= 4 is 23.4 Å². The SMILES string of the molecule is CC1CC(=O)NC(n2nc(C(C)(C)C)cc2NC(=O)Nc2ccccc2)N1. The van der Waals surface area contributed by atoms with Gasteiger partial charge in [0, 0.05) is 29.6 Å². The van der Waals surface area contributed by atoms with E-state index in [4.69, 9.17) is 0 Å². The zero-order valence-corrected chi connectivity index (χ0v) is 16.0. The molecule has 2 atom stereocenters. The maximum atomic E-state index is 12.4. The molecule has 1 aromatic carbocycles. The number of rotatable bonds is 3. The predicted molar refractivity (Wildman–Crippen MR) is 104 cm³/mol. The fourth-order valence-electron chi connectivity index (χ4n) is 2.84. The van der Waals surface area contributed by atoms with Gasteiger partial charge in [0.25, 0.3) is 0 Å². The summed E-state index contributed by atoms with van der Waals surface area (Å²) in [7, 11) is 0. The molecule has 2 heterocycles. The first-order chi connectivity index (χ1) is 12.7. The van der Waals surface area contributed by atoms with Crippen LogP contribution in [-0.2, 0) is 10.2 Å². The molecule has 3 rings (SSSR count). The molecule has 3 amide bonds. The van der Waals surface area contributed by atoms with Gasteiger partial charge >= 0.3 is 6.03 Å². The summed E-state index contributed by atoms with van der Waals surface area (Å²) in [5, 5.41) is 16.4. The lowest BCUT2D eigenvalue weighted by Gasteiger charge is -2.30. The van der Waals surface area contributed by atoms with Crippen molar-refractivity contribution in [2.45, 2.75) is 51.9 Å². The van der Waals surface area contributed by atoms with Gasteiger partial charge in [-0.1, -0.05) is 39.0 Å². The van der Waals surface area contributed by atoms with E-state index in [1.807, 2.05) is 64.1 Å². The third-order valence-corrected chi connectivity index (χ3v) is 4.25. The number of carbonyl (C=O) groups is 2. The summed E-state index contributed by atoms with van der Waals surface area (Å²) >= 11 is 0. The number of carbonyl (C=O) groups excluding carboxylic acids is 2. The van der Waals surface area contributed by atoms with Crippen LogP contribution in [0.25, 0.3) is 0 Å². The highest BCUT2D eigenvalue weighted by Gasteiger charge is 2.29. The van der Waals surface area contributed by atoms with E-state index < -0.39 is 6.29 Å². The molecular weight excluding hydrogens is 344 g/mol. The number of nitrogens with one attached hydrogen (secondary N) is 4. The van der Waals surface area contributed by atoms with Gasteiger partial charge in [0.1, 0.15) is 5.82 Å². The van der Waals surface area contributed by atoms with Crippen LogP contribution in [0, 0.1) is 0 Å². The van der Waals surface area contributed by atoms with Crippen molar-refractivity contribution in [2.24, 2.45) is 0 Å². The van der Waals surface area contributed by atoms with E-state index in [2.05, 4.69) is 26.4 Å². The Labute approximate surface area is 158 Å². The fourth-order valence-corrected chi connectivity index (χ4v) is 2.84. The Morgan fingerprint density at radius 3 is 2.56 bits per heavy atom. The lowest BCUT2D eigenvalue weighted by molar-refractivity contribution is -0.125. The minimum Gasteiger partial charge on any atom is -0.322 e. The highest BCUT2D eigenvalue weighted by atomic mass is 16.2. The second-order valence-electron chi connectivity index (χ2n) is 7.80. The Morgan fingerprint density at radius 1 is 1.22 bits per heavy atom. The lowest BCUT2D eigenvalue weighted by Crippen LogP contribution is -2.52. The van der Waals surface area contributed by atoms with Crippen LogP contribution in [0.1, 0.15) is 46.1 Å². The number of benzene rings is 1. The lowest BCUT2D eigenvalue weighted by atomic mass is 9.92. The number of anilines is 2. The van der Waals surface area contributed by atoms with Gasteiger partial charge in [0.15, 0.2) is 6.29 Å². The van der Waals surface area contributed by atoms with Gasteiger partial charge in [-0.2, -0.15) is 5.10 Å². The summed E-state index contributed by atoms with van der Waals surface area (Å²) in [5.74, 6) is 0.444. The zero-order chi connectivity index (χ0) is 19.6. The molecule has 144 valence electrons. The van der Waals surface area contributed by atoms with Crippen molar-refractivity contribution in [1.29, 1.82) is 0 Å². The van der Waals surface area contributed by atoms with Gasteiger partial charge in [-0.25, -0.2) is 9.48 Å². The van der Waals surface area contributed by atoms with E-state index in [1.165, 1.54) is 0 Å². The fraction of sp³-hybridized carbons (Fsp3) is 0.421. The van der Waals surface area contributed by atoms with Crippen molar-refractivity contribution in [1.82, 2.24) is 20.4 Å². The van der Waals surface area contributed by atoms with Gasteiger partial charge in [0.05, 0.1) is 5.69 Å². The summed E-state index contributed by atoms with van der Waals surface area (Å²) in [6.45, 7) is 8.07. The van der Waals surface area contributed by atoms with Crippen LogP contribution in [0.15, 0.2) is 36.4 Å².